The van der Waals surface area contributed by atoms with Gasteiger partial charge in [-0.3, -0.25) is 4.79 Å². The molecule has 0 aromatic heterocycles. The Hall–Kier alpha value is -0.420. The molecule has 0 fully saturated rings. The van der Waals surface area contributed by atoms with Crippen LogP contribution in [-0.4, -0.2) is 37.5 Å². The van der Waals surface area contributed by atoms with Crippen LogP contribution in [0.25, 0.3) is 0 Å². The van der Waals surface area contributed by atoms with E-state index in [1.807, 2.05) is 13.8 Å². The van der Waals surface area contributed by atoms with Crippen molar-refractivity contribution in [2.24, 2.45) is 5.92 Å². The van der Waals surface area contributed by atoms with E-state index in [0.29, 0.717) is 11.8 Å². The molecule has 17 heavy (non-hydrogen) atoms. The third-order valence-electron chi connectivity index (χ3n) is 2.02. The number of rotatable bonds is 9. The van der Waals surface area contributed by atoms with Crippen molar-refractivity contribution in [2.45, 2.75) is 39.2 Å². The topological polar surface area (TPSA) is 38.3 Å². The van der Waals surface area contributed by atoms with Gasteiger partial charge in [0.1, 0.15) is 6.61 Å². The van der Waals surface area contributed by atoms with Crippen molar-refractivity contribution in [1.29, 1.82) is 0 Å². The molecule has 0 radical (unpaired) electrons. The van der Waals surface area contributed by atoms with Crippen molar-refractivity contribution in [1.82, 2.24) is 5.32 Å². The van der Waals surface area contributed by atoms with Crippen molar-refractivity contribution < 1.29 is 18.3 Å². The smallest absolute Gasteiger partial charge is 0.261 e. The zero-order valence-electron chi connectivity index (χ0n) is 10.2. The minimum absolute atomic E-state index is 0.00680. The first kappa shape index (κ1) is 16.6. The van der Waals surface area contributed by atoms with E-state index in [2.05, 4.69) is 10.1 Å². The first-order valence-corrected chi connectivity index (χ1v) is 6.20. The van der Waals surface area contributed by atoms with Gasteiger partial charge in [-0.2, -0.15) is 0 Å². The van der Waals surface area contributed by atoms with Crippen molar-refractivity contribution in [3.05, 3.63) is 0 Å². The van der Waals surface area contributed by atoms with Crippen LogP contribution in [0.15, 0.2) is 0 Å². The fraction of sp³-hybridized carbons (Fsp3) is 0.909. The lowest BCUT2D eigenvalue weighted by atomic mass is 10.1. The Bertz CT molecular complexity index is 216. The maximum Gasteiger partial charge on any atom is 0.261 e. The first-order valence-electron chi connectivity index (χ1n) is 5.67. The largest absolute Gasteiger partial charge is 0.375 e. The van der Waals surface area contributed by atoms with Crippen LogP contribution < -0.4 is 5.32 Å². The van der Waals surface area contributed by atoms with Crippen LogP contribution in [0.1, 0.15) is 26.7 Å². The molecular weight excluding hydrogens is 252 g/mol. The highest BCUT2D eigenvalue weighted by molar-refractivity contribution is 6.18. The average molecular weight is 272 g/mol. The third-order valence-corrected chi connectivity index (χ3v) is 2.40. The number of carbonyl (C=O) groups is 1. The van der Waals surface area contributed by atoms with Gasteiger partial charge in [-0.1, -0.05) is 13.8 Å². The third kappa shape index (κ3) is 10.5. The van der Waals surface area contributed by atoms with E-state index in [0.717, 1.165) is 6.42 Å². The Balaban J connectivity index is 3.68. The monoisotopic (exact) mass is 271 g/mol. The highest BCUT2D eigenvalue weighted by Gasteiger charge is 2.13. The minimum atomic E-state index is -2.49. The second-order valence-corrected chi connectivity index (χ2v) is 4.57. The Morgan fingerprint density at radius 2 is 2.06 bits per heavy atom. The van der Waals surface area contributed by atoms with Crippen molar-refractivity contribution >= 4 is 17.5 Å². The zero-order valence-corrected chi connectivity index (χ0v) is 11.0. The van der Waals surface area contributed by atoms with Gasteiger partial charge in [-0.05, 0) is 12.3 Å². The highest BCUT2D eigenvalue weighted by atomic mass is 35.5. The van der Waals surface area contributed by atoms with E-state index in [4.69, 9.17) is 11.6 Å². The Labute approximate surface area is 106 Å². The molecule has 1 amide bonds. The first-order chi connectivity index (χ1) is 7.95. The van der Waals surface area contributed by atoms with Crippen LogP contribution in [0, 0.1) is 5.92 Å². The molecule has 0 heterocycles. The molecule has 1 atom stereocenters. The zero-order chi connectivity index (χ0) is 13.3. The molecule has 0 aliphatic heterocycles. The predicted octanol–water partition coefficient (Wildman–Crippen LogP) is 2.43. The molecule has 0 saturated carbocycles. The van der Waals surface area contributed by atoms with Gasteiger partial charge in [0.2, 0.25) is 5.91 Å². The lowest BCUT2D eigenvalue weighted by Gasteiger charge is -2.18. The van der Waals surface area contributed by atoms with Crippen LogP contribution in [0.5, 0.6) is 0 Å². The highest BCUT2D eigenvalue weighted by Crippen LogP contribution is 2.06. The molecule has 0 aromatic rings. The number of amides is 1. The number of hydrogen-bond donors (Lipinski definition) is 1. The van der Waals surface area contributed by atoms with E-state index < -0.39 is 13.0 Å². The number of alkyl halides is 3. The van der Waals surface area contributed by atoms with Crippen LogP contribution in [0.3, 0.4) is 0 Å². The Kier molecular flexibility index (Phi) is 9.36. The summed E-state index contributed by atoms with van der Waals surface area (Å²) in [6.07, 6.45) is -1.61. The molecule has 0 rings (SSSR count). The maximum atomic E-state index is 11.7. The molecule has 0 aliphatic carbocycles. The van der Waals surface area contributed by atoms with Gasteiger partial charge in [0.15, 0.2) is 0 Å². The summed E-state index contributed by atoms with van der Waals surface area (Å²) in [5.41, 5.74) is 0. The summed E-state index contributed by atoms with van der Waals surface area (Å²) in [5.74, 6) is 0.571. The fourth-order valence-corrected chi connectivity index (χ4v) is 1.57. The second kappa shape index (κ2) is 9.59. The lowest BCUT2D eigenvalue weighted by Crippen LogP contribution is -2.37. The summed E-state index contributed by atoms with van der Waals surface area (Å²) in [6.45, 7) is 3.46. The summed E-state index contributed by atoms with van der Waals surface area (Å²) in [5, 5.41) is 2.75. The van der Waals surface area contributed by atoms with Crippen LogP contribution in [0.2, 0.25) is 0 Å². The molecule has 0 aromatic carbocycles. The van der Waals surface area contributed by atoms with E-state index in [-0.39, 0.29) is 25.0 Å². The quantitative estimate of drug-likeness (QED) is 0.517. The van der Waals surface area contributed by atoms with E-state index in [1.54, 1.807) is 0 Å². The minimum Gasteiger partial charge on any atom is -0.375 e. The number of halogens is 3. The lowest BCUT2D eigenvalue weighted by molar-refractivity contribution is -0.123. The van der Waals surface area contributed by atoms with E-state index >= 15 is 0 Å². The summed E-state index contributed by atoms with van der Waals surface area (Å²) in [4.78, 5) is 11.4. The number of hydrogen-bond acceptors (Lipinski definition) is 2. The summed E-state index contributed by atoms with van der Waals surface area (Å²) in [7, 11) is 0. The van der Waals surface area contributed by atoms with Crippen LogP contribution in [0.4, 0.5) is 8.78 Å². The van der Waals surface area contributed by atoms with Crippen LogP contribution in [-0.2, 0) is 9.53 Å². The van der Waals surface area contributed by atoms with Gasteiger partial charge in [0.05, 0.1) is 6.61 Å². The summed E-state index contributed by atoms with van der Waals surface area (Å²) in [6, 6.07) is -0.0701. The Morgan fingerprint density at radius 1 is 1.41 bits per heavy atom. The normalized spacial score (nSPS) is 13.1. The van der Waals surface area contributed by atoms with Crippen LogP contribution >= 0.6 is 11.6 Å². The summed E-state index contributed by atoms with van der Waals surface area (Å²) >= 11 is 5.71. The molecule has 1 N–H and O–H groups in total. The van der Waals surface area contributed by atoms with Gasteiger partial charge < -0.3 is 10.1 Å². The SMILES string of the molecule is CC(C)CC(CCl)NC(=O)CCOCC(F)F. The second-order valence-electron chi connectivity index (χ2n) is 4.26. The van der Waals surface area contributed by atoms with Gasteiger partial charge in [0.25, 0.3) is 6.43 Å². The van der Waals surface area contributed by atoms with Gasteiger partial charge in [0, 0.05) is 18.3 Å². The average Bonchev–Trinajstić information content (AvgIpc) is 2.22. The molecule has 0 bridgehead atoms. The number of ether oxygens (including phenoxy) is 1. The maximum absolute atomic E-state index is 11.7. The molecule has 102 valence electrons. The number of carbonyl (C=O) groups excluding carboxylic acids is 1. The summed E-state index contributed by atoms with van der Waals surface area (Å²) < 4.78 is 28.1. The molecule has 0 saturated heterocycles. The van der Waals surface area contributed by atoms with Crippen molar-refractivity contribution in [3.63, 3.8) is 0 Å². The van der Waals surface area contributed by atoms with Gasteiger partial charge in [-0.25, -0.2) is 8.78 Å². The number of nitrogens with one attached hydrogen (secondary N) is 1. The molecule has 0 aliphatic rings. The predicted molar refractivity (Wildman–Crippen MR) is 63.5 cm³/mol. The van der Waals surface area contributed by atoms with E-state index in [1.165, 1.54) is 0 Å². The van der Waals surface area contributed by atoms with E-state index in [9.17, 15) is 13.6 Å². The fourth-order valence-electron chi connectivity index (χ4n) is 1.37. The van der Waals surface area contributed by atoms with Crippen molar-refractivity contribution in [3.8, 4) is 0 Å². The molecular formula is C11H20ClF2NO2. The molecule has 1 unspecified atom stereocenters. The Morgan fingerprint density at radius 3 is 2.53 bits per heavy atom. The molecule has 0 spiro atoms. The molecule has 6 heteroatoms. The standard InChI is InChI=1S/C11H20ClF2NO2/c1-8(2)5-9(6-12)15-11(16)3-4-17-7-10(13)14/h8-10H,3-7H2,1-2H3,(H,15,16). The van der Waals surface area contributed by atoms with Crippen molar-refractivity contribution in [2.75, 3.05) is 19.1 Å². The molecule has 3 nitrogen and oxygen atoms in total. The van der Waals surface area contributed by atoms with Gasteiger partial charge >= 0.3 is 0 Å². The van der Waals surface area contributed by atoms with Gasteiger partial charge in [-0.15, -0.1) is 11.6 Å².